The highest BCUT2D eigenvalue weighted by molar-refractivity contribution is 7.91. The summed E-state index contributed by atoms with van der Waals surface area (Å²) < 4.78 is 23.1. The molecule has 132 valence electrons. The molecule has 0 radical (unpaired) electrons. The van der Waals surface area contributed by atoms with Crippen LogP contribution in [0.15, 0.2) is 48.5 Å². The molecule has 1 saturated heterocycles. The Balaban J connectivity index is 1.72. The zero-order valence-corrected chi connectivity index (χ0v) is 14.7. The normalized spacial score (nSPS) is 21.7. The monoisotopic (exact) mass is 380 g/mol. The number of hydrogen-bond donors (Lipinski definition) is 3. The van der Waals surface area contributed by atoms with E-state index in [2.05, 4.69) is 10.6 Å². The van der Waals surface area contributed by atoms with Gasteiger partial charge in [0.15, 0.2) is 9.84 Å². The van der Waals surface area contributed by atoms with Crippen molar-refractivity contribution < 1.29 is 18.3 Å². The Labute approximate surface area is 150 Å². The van der Waals surface area contributed by atoms with Crippen LogP contribution in [0.5, 0.6) is 0 Å². The van der Waals surface area contributed by atoms with Gasteiger partial charge in [0.2, 0.25) is 0 Å². The van der Waals surface area contributed by atoms with Crippen molar-refractivity contribution in [2.75, 3.05) is 22.1 Å². The number of anilines is 2. The van der Waals surface area contributed by atoms with Crippen LogP contribution in [0.25, 0.3) is 0 Å². The summed E-state index contributed by atoms with van der Waals surface area (Å²) in [6, 6.07) is 12.9. The third kappa shape index (κ3) is 4.50. The standard InChI is InChI=1S/C17H17ClN2O4S/c18-12-4-2-6-14(8-12)20-17(22)11-3-1-5-13(7-11)19-15-9-25(23,24)10-16(15)21/h1-8,15-16,19,21H,9-10H2,(H,20,22)/t15-,16+/m1/s1. The van der Waals surface area contributed by atoms with E-state index < -0.39 is 22.0 Å². The molecule has 0 saturated carbocycles. The lowest BCUT2D eigenvalue weighted by Crippen LogP contribution is -2.31. The summed E-state index contributed by atoms with van der Waals surface area (Å²) in [7, 11) is -3.24. The molecule has 1 heterocycles. The molecule has 0 spiro atoms. The first-order valence-electron chi connectivity index (χ1n) is 7.64. The van der Waals surface area contributed by atoms with Crippen LogP contribution in [-0.2, 0) is 9.84 Å². The number of carbonyl (C=O) groups is 1. The van der Waals surface area contributed by atoms with Crippen molar-refractivity contribution in [3.63, 3.8) is 0 Å². The summed E-state index contributed by atoms with van der Waals surface area (Å²) >= 11 is 5.90. The lowest BCUT2D eigenvalue weighted by Gasteiger charge is -2.17. The van der Waals surface area contributed by atoms with E-state index in [1.165, 1.54) is 0 Å². The highest BCUT2D eigenvalue weighted by Crippen LogP contribution is 2.20. The van der Waals surface area contributed by atoms with E-state index in [-0.39, 0.29) is 17.4 Å². The molecular weight excluding hydrogens is 364 g/mol. The Kier molecular flexibility index (Phi) is 4.99. The van der Waals surface area contributed by atoms with Gasteiger partial charge in [-0.1, -0.05) is 23.7 Å². The van der Waals surface area contributed by atoms with Crippen LogP contribution in [0.4, 0.5) is 11.4 Å². The number of carbonyl (C=O) groups excluding carboxylic acids is 1. The number of halogens is 1. The molecule has 25 heavy (non-hydrogen) atoms. The number of sulfone groups is 1. The van der Waals surface area contributed by atoms with Gasteiger partial charge in [-0.25, -0.2) is 8.42 Å². The molecule has 1 aliphatic rings. The number of benzene rings is 2. The van der Waals surface area contributed by atoms with Gasteiger partial charge in [-0.05, 0) is 36.4 Å². The summed E-state index contributed by atoms with van der Waals surface area (Å²) in [6.45, 7) is 0. The van der Waals surface area contributed by atoms with E-state index in [9.17, 15) is 18.3 Å². The van der Waals surface area contributed by atoms with Gasteiger partial charge in [0, 0.05) is 22.0 Å². The van der Waals surface area contributed by atoms with E-state index in [1.54, 1.807) is 48.5 Å². The van der Waals surface area contributed by atoms with Gasteiger partial charge in [-0.3, -0.25) is 4.79 Å². The van der Waals surface area contributed by atoms with E-state index in [4.69, 9.17) is 11.6 Å². The number of rotatable bonds is 4. The van der Waals surface area contributed by atoms with Crippen LogP contribution in [0.3, 0.4) is 0 Å². The molecule has 2 atom stereocenters. The number of aliphatic hydroxyl groups excluding tert-OH is 1. The Morgan fingerprint density at radius 3 is 2.48 bits per heavy atom. The van der Waals surface area contributed by atoms with Crippen LogP contribution in [0, 0.1) is 0 Å². The van der Waals surface area contributed by atoms with Crippen molar-refractivity contribution in [1.29, 1.82) is 0 Å². The lowest BCUT2D eigenvalue weighted by molar-refractivity contribution is 0.102. The molecule has 0 unspecified atom stereocenters. The fourth-order valence-electron chi connectivity index (χ4n) is 2.70. The zero-order valence-electron chi connectivity index (χ0n) is 13.1. The van der Waals surface area contributed by atoms with Crippen molar-refractivity contribution in [3.05, 3.63) is 59.1 Å². The summed E-state index contributed by atoms with van der Waals surface area (Å²) in [6.07, 6.45) is -0.964. The first-order valence-corrected chi connectivity index (χ1v) is 9.84. The molecule has 2 aromatic rings. The maximum Gasteiger partial charge on any atom is 0.255 e. The van der Waals surface area contributed by atoms with Gasteiger partial charge in [0.05, 0.1) is 23.7 Å². The quantitative estimate of drug-likeness (QED) is 0.755. The van der Waals surface area contributed by atoms with Gasteiger partial charge in [0.25, 0.3) is 5.91 Å². The van der Waals surface area contributed by atoms with Crippen LogP contribution < -0.4 is 10.6 Å². The third-order valence-electron chi connectivity index (χ3n) is 3.88. The second-order valence-corrected chi connectivity index (χ2v) is 8.53. The van der Waals surface area contributed by atoms with Crippen molar-refractivity contribution in [2.45, 2.75) is 12.1 Å². The summed E-state index contributed by atoms with van der Waals surface area (Å²) in [5.41, 5.74) is 1.55. The minimum absolute atomic E-state index is 0.132. The Bertz CT molecular complexity index is 901. The molecule has 6 nitrogen and oxygen atoms in total. The summed E-state index contributed by atoms with van der Waals surface area (Å²) in [5, 5.41) is 16.1. The van der Waals surface area contributed by atoms with E-state index in [0.29, 0.717) is 22.0 Å². The number of amides is 1. The van der Waals surface area contributed by atoms with Crippen LogP contribution >= 0.6 is 11.6 Å². The molecule has 1 aliphatic heterocycles. The molecule has 0 aliphatic carbocycles. The topological polar surface area (TPSA) is 95.5 Å². The van der Waals surface area contributed by atoms with Gasteiger partial charge in [-0.2, -0.15) is 0 Å². The van der Waals surface area contributed by atoms with Crippen molar-refractivity contribution in [3.8, 4) is 0 Å². The summed E-state index contributed by atoms with van der Waals surface area (Å²) in [5.74, 6) is -0.697. The molecule has 2 aromatic carbocycles. The number of nitrogens with one attached hydrogen (secondary N) is 2. The van der Waals surface area contributed by atoms with Crippen molar-refractivity contribution in [1.82, 2.24) is 0 Å². The highest BCUT2D eigenvalue weighted by Gasteiger charge is 2.36. The predicted octanol–water partition coefficient (Wildman–Crippen LogP) is 2.16. The minimum atomic E-state index is -3.24. The number of hydrogen-bond acceptors (Lipinski definition) is 5. The predicted molar refractivity (Wildman–Crippen MR) is 97.9 cm³/mol. The van der Waals surface area contributed by atoms with E-state index in [0.717, 1.165) is 0 Å². The van der Waals surface area contributed by atoms with E-state index >= 15 is 0 Å². The van der Waals surface area contributed by atoms with Crippen LogP contribution in [0.1, 0.15) is 10.4 Å². The SMILES string of the molecule is O=C(Nc1cccc(Cl)c1)c1cccc(N[C@@H]2CS(=O)(=O)C[C@@H]2O)c1. The van der Waals surface area contributed by atoms with Crippen molar-refractivity contribution in [2.24, 2.45) is 0 Å². The minimum Gasteiger partial charge on any atom is -0.390 e. The second-order valence-electron chi connectivity index (χ2n) is 5.94. The van der Waals surface area contributed by atoms with Gasteiger partial charge < -0.3 is 15.7 Å². The zero-order chi connectivity index (χ0) is 18.0. The third-order valence-corrected chi connectivity index (χ3v) is 5.83. The molecule has 0 aromatic heterocycles. The second kappa shape index (κ2) is 7.03. The average Bonchev–Trinajstić information content (AvgIpc) is 2.79. The molecule has 1 fully saturated rings. The Morgan fingerprint density at radius 1 is 1.08 bits per heavy atom. The molecule has 1 amide bonds. The Hall–Kier alpha value is -2.09. The lowest BCUT2D eigenvalue weighted by atomic mass is 10.1. The van der Waals surface area contributed by atoms with Crippen LogP contribution in [0.2, 0.25) is 5.02 Å². The highest BCUT2D eigenvalue weighted by atomic mass is 35.5. The van der Waals surface area contributed by atoms with E-state index in [1.807, 2.05) is 0 Å². The fraction of sp³-hybridized carbons (Fsp3) is 0.235. The van der Waals surface area contributed by atoms with Crippen LogP contribution in [-0.4, -0.2) is 43.1 Å². The Morgan fingerprint density at radius 2 is 1.80 bits per heavy atom. The smallest absolute Gasteiger partial charge is 0.255 e. The largest absolute Gasteiger partial charge is 0.390 e. The summed E-state index contributed by atoms with van der Waals surface area (Å²) in [4.78, 5) is 12.4. The average molecular weight is 381 g/mol. The van der Waals surface area contributed by atoms with Crippen molar-refractivity contribution >= 4 is 38.7 Å². The van der Waals surface area contributed by atoms with Gasteiger partial charge in [-0.15, -0.1) is 0 Å². The fourth-order valence-corrected chi connectivity index (χ4v) is 4.63. The van der Waals surface area contributed by atoms with Gasteiger partial charge in [0.1, 0.15) is 0 Å². The van der Waals surface area contributed by atoms with Gasteiger partial charge >= 0.3 is 0 Å². The molecule has 8 heteroatoms. The molecule has 3 N–H and O–H groups in total. The molecule has 3 rings (SSSR count). The maximum atomic E-state index is 12.4. The maximum absolute atomic E-state index is 12.4. The number of aliphatic hydroxyl groups is 1. The first-order chi connectivity index (χ1) is 11.8. The first kappa shape index (κ1) is 17.7. The molecule has 0 bridgehead atoms. The molecular formula is C17H17ClN2O4S.